The SMILES string of the molecule is Cc1nc2c(c(CO)nn2C(c2ccc(OC(F)(F)F)cc2)C(C)C)c(=O)[nH]1. The second-order valence-corrected chi connectivity index (χ2v) is 6.71. The molecule has 0 radical (unpaired) electrons. The van der Waals surface area contributed by atoms with Gasteiger partial charge in [0.1, 0.15) is 22.7 Å². The number of alkyl halides is 3. The Bertz CT molecular complexity index is 1040. The molecule has 0 saturated carbocycles. The maximum absolute atomic E-state index is 12.4. The van der Waals surface area contributed by atoms with Gasteiger partial charge in [-0.1, -0.05) is 26.0 Å². The first-order valence-corrected chi connectivity index (χ1v) is 8.55. The monoisotopic (exact) mass is 396 g/mol. The predicted octanol–water partition coefficient (Wildman–Crippen LogP) is 3.06. The fourth-order valence-electron chi connectivity index (χ4n) is 3.20. The molecule has 1 atom stereocenters. The number of hydrogen-bond donors (Lipinski definition) is 2. The number of hydrogen-bond acceptors (Lipinski definition) is 5. The van der Waals surface area contributed by atoms with Gasteiger partial charge in [-0.15, -0.1) is 13.2 Å². The molecule has 7 nitrogen and oxygen atoms in total. The lowest BCUT2D eigenvalue weighted by Gasteiger charge is -2.23. The molecule has 0 spiro atoms. The Kier molecular flexibility index (Phi) is 5.16. The Morgan fingerprint density at radius 1 is 1.25 bits per heavy atom. The lowest BCUT2D eigenvalue weighted by atomic mass is 9.96. The van der Waals surface area contributed by atoms with Gasteiger partial charge in [-0.05, 0) is 30.5 Å². The number of aryl methyl sites for hydroxylation is 1. The minimum Gasteiger partial charge on any atom is -0.406 e. The molecule has 0 saturated heterocycles. The Morgan fingerprint density at radius 3 is 2.43 bits per heavy atom. The van der Waals surface area contributed by atoms with Crippen LogP contribution in [-0.2, 0) is 6.61 Å². The smallest absolute Gasteiger partial charge is 0.406 e. The molecule has 2 heterocycles. The first-order valence-electron chi connectivity index (χ1n) is 8.55. The third-order valence-corrected chi connectivity index (χ3v) is 4.25. The molecular weight excluding hydrogens is 377 g/mol. The van der Waals surface area contributed by atoms with Crippen LogP contribution in [0.2, 0.25) is 0 Å². The minimum atomic E-state index is -4.77. The molecule has 0 aliphatic carbocycles. The lowest BCUT2D eigenvalue weighted by molar-refractivity contribution is -0.274. The van der Waals surface area contributed by atoms with Gasteiger partial charge in [-0.2, -0.15) is 5.10 Å². The number of nitrogens with zero attached hydrogens (tertiary/aromatic N) is 3. The van der Waals surface area contributed by atoms with Crippen LogP contribution in [0.1, 0.15) is 37.0 Å². The van der Waals surface area contributed by atoms with Crippen LogP contribution in [0.15, 0.2) is 29.1 Å². The van der Waals surface area contributed by atoms with Gasteiger partial charge < -0.3 is 14.8 Å². The van der Waals surface area contributed by atoms with Crippen LogP contribution in [0, 0.1) is 12.8 Å². The topological polar surface area (TPSA) is 93.0 Å². The zero-order chi connectivity index (χ0) is 20.6. The average Bonchev–Trinajstić information content (AvgIpc) is 2.93. The van der Waals surface area contributed by atoms with E-state index in [-0.39, 0.29) is 22.7 Å². The molecule has 1 unspecified atom stereocenters. The Balaban J connectivity index is 2.12. The van der Waals surface area contributed by atoms with Gasteiger partial charge in [-0.25, -0.2) is 9.67 Å². The van der Waals surface area contributed by atoms with Crippen molar-refractivity contribution in [1.82, 2.24) is 19.7 Å². The molecule has 1 aromatic carbocycles. The van der Waals surface area contributed by atoms with Crippen LogP contribution in [-0.4, -0.2) is 31.2 Å². The second-order valence-electron chi connectivity index (χ2n) is 6.71. The molecule has 0 aliphatic rings. The number of halogens is 3. The van der Waals surface area contributed by atoms with E-state index in [0.717, 1.165) is 0 Å². The molecule has 3 rings (SSSR count). The quantitative estimate of drug-likeness (QED) is 0.692. The number of nitrogens with one attached hydrogen (secondary N) is 1. The van der Waals surface area contributed by atoms with Gasteiger partial charge >= 0.3 is 6.36 Å². The molecule has 0 amide bonds. The molecule has 3 aromatic rings. The van der Waals surface area contributed by atoms with E-state index in [9.17, 15) is 23.1 Å². The summed E-state index contributed by atoms with van der Waals surface area (Å²) in [6.45, 7) is 5.01. The molecule has 10 heteroatoms. The predicted molar refractivity (Wildman–Crippen MR) is 94.9 cm³/mol. The van der Waals surface area contributed by atoms with Gasteiger partial charge in [0, 0.05) is 0 Å². The zero-order valence-corrected chi connectivity index (χ0v) is 15.4. The fourth-order valence-corrected chi connectivity index (χ4v) is 3.20. The molecule has 0 aliphatic heterocycles. The first kappa shape index (κ1) is 19.9. The number of aliphatic hydroxyl groups excluding tert-OH is 1. The fraction of sp³-hybridized carbons (Fsp3) is 0.389. The van der Waals surface area contributed by atoms with Crippen molar-refractivity contribution in [2.75, 3.05) is 0 Å². The summed E-state index contributed by atoms with van der Waals surface area (Å²) >= 11 is 0. The highest BCUT2D eigenvalue weighted by atomic mass is 19.4. The van der Waals surface area contributed by atoms with E-state index in [1.807, 2.05) is 13.8 Å². The molecular formula is C18H19F3N4O3. The molecule has 2 N–H and O–H groups in total. The summed E-state index contributed by atoms with van der Waals surface area (Å²) in [6, 6.07) is 5.05. The van der Waals surface area contributed by atoms with Crippen molar-refractivity contribution in [3.63, 3.8) is 0 Å². The number of rotatable bonds is 5. The highest BCUT2D eigenvalue weighted by Gasteiger charge is 2.31. The third kappa shape index (κ3) is 3.86. The summed E-state index contributed by atoms with van der Waals surface area (Å²) in [5.41, 5.74) is 0.749. The van der Waals surface area contributed by atoms with E-state index < -0.39 is 24.6 Å². The third-order valence-electron chi connectivity index (χ3n) is 4.25. The number of aromatic amines is 1. The van der Waals surface area contributed by atoms with E-state index in [1.54, 1.807) is 6.92 Å². The van der Waals surface area contributed by atoms with Crippen molar-refractivity contribution in [2.24, 2.45) is 5.92 Å². The van der Waals surface area contributed by atoms with Gasteiger partial charge in [0.15, 0.2) is 5.65 Å². The van der Waals surface area contributed by atoms with Crippen molar-refractivity contribution < 1.29 is 23.0 Å². The number of benzene rings is 1. The molecule has 28 heavy (non-hydrogen) atoms. The summed E-state index contributed by atoms with van der Waals surface area (Å²) in [5.74, 6) is 0.0236. The number of aromatic nitrogens is 4. The number of fused-ring (bicyclic) bond motifs is 1. The van der Waals surface area contributed by atoms with Crippen molar-refractivity contribution in [3.8, 4) is 5.75 Å². The Hall–Kier alpha value is -2.88. The second kappa shape index (κ2) is 7.27. The molecule has 0 fully saturated rings. The van der Waals surface area contributed by atoms with Crippen molar-refractivity contribution in [3.05, 3.63) is 51.7 Å². The van der Waals surface area contributed by atoms with Crippen LogP contribution >= 0.6 is 0 Å². The van der Waals surface area contributed by atoms with Gasteiger partial charge in [0.25, 0.3) is 5.56 Å². The van der Waals surface area contributed by atoms with Crippen molar-refractivity contribution in [1.29, 1.82) is 0 Å². The van der Waals surface area contributed by atoms with Gasteiger partial charge in [0.05, 0.1) is 12.6 Å². The highest BCUT2D eigenvalue weighted by Crippen LogP contribution is 2.31. The minimum absolute atomic E-state index is 0.0366. The van der Waals surface area contributed by atoms with Crippen LogP contribution in [0.25, 0.3) is 11.0 Å². The van der Waals surface area contributed by atoms with Crippen LogP contribution in [0.3, 0.4) is 0 Å². The van der Waals surface area contributed by atoms with E-state index in [1.165, 1.54) is 28.9 Å². The Labute approximate surface area is 157 Å². The normalized spacial score (nSPS) is 13.3. The number of ether oxygens (including phenoxy) is 1. The molecule has 2 aromatic heterocycles. The van der Waals surface area contributed by atoms with Crippen LogP contribution in [0.5, 0.6) is 5.75 Å². The summed E-state index contributed by atoms with van der Waals surface area (Å²) in [4.78, 5) is 19.3. The van der Waals surface area contributed by atoms with Crippen molar-refractivity contribution >= 4 is 11.0 Å². The summed E-state index contributed by atoms with van der Waals surface area (Å²) in [6.07, 6.45) is -4.77. The molecule has 0 bridgehead atoms. The van der Waals surface area contributed by atoms with E-state index in [0.29, 0.717) is 17.0 Å². The zero-order valence-electron chi connectivity index (χ0n) is 15.4. The maximum Gasteiger partial charge on any atom is 0.573 e. The standard InChI is InChI=1S/C18H19F3N4O3/c1-9(2)15(11-4-6-12(7-5-11)28-18(19,20)21)25-16-14(13(8-26)24-25)17(27)23-10(3)22-16/h4-7,9,15,26H,8H2,1-3H3,(H,22,23,27). The van der Waals surface area contributed by atoms with Crippen molar-refractivity contribution in [2.45, 2.75) is 39.8 Å². The lowest BCUT2D eigenvalue weighted by Crippen LogP contribution is -2.20. The van der Waals surface area contributed by atoms with E-state index in [4.69, 9.17) is 0 Å². The van der Waals surface area contributed by atoms with E-state index in [2.05, 4.69) is 19.8 Å². The summed E-state index contributed by atoms with van der Waals surface area (Å²) < 4.78 is 42.6. The molecule has 150 valence electrons. The largest absolute Gasteiger partial charge is 0.573 e. The van der Waals surface area contributed by atoms with Crippen LogP contribution in [0.4, 0.5) is 13.2 Å². The average molecular weight is 396 g/mol. The summed E-state index contributed by atoms with van der Waals surface area (Å²) in [5, 5.41) is 14.2. The van der Waals surface area contributed by atoms with E-state index >= 15 is 0 Å². The Morgan fingerprint density at radius 2 is 1.89 bits per heavy atom. The summed E-state index contributed by atoms with van der Waals surface area (Å²) in [7, 11) is 0. The first-order chi connectivity index (χ1) is 13.1. The highest BCUT2D eigenvalue weighted by molar-refractivity contribution is 5.77. The number of H-pyrrole nitrogens is 1. The van der Waals surface area contributed by atoms with Gasteiger partial charge in [0.2, 0.25) is 0 Å². The van der Waals surface area contributed by atoms with Crippen LogP contribution < -0.4 is 10.3 Å². The maximum atomic E-state index is 12.4. The number of aliphatic hydroxyl groups is 1. The van der Waals surface area contributed by atoms with Gasteiger partial charge in [-0.3, -0.25) is 4.79 Å².